The number of nitrogens with zero attached hydrogens (tertiary/aromatic N) is 1. The third-order valence-corrected chi connectivity index (χ3v) is 6.07. The zero-order valence-electron chi connectivity index (χ0n) is 19.3. The van der Waals surface area contributed by atoms with Crippen LogP contribution >= 0.6 is 11.8 Å². The standard InChI is InChI=1S/C26H28N2O4S/c1-17(2)27-25(30)16-33-24-13-9-8-12-21(24)26(31)32-15-23(29)22-14-18(3)28(19(22)4)20-10-6-5-7-11-20/h5-14,17H,15-16H2,1-4H3,(H,27,30). The monoisotopic (exact) mass is 464 g/mol. The molecular weight excluding hydrogens is 436 g/mol. The van der Waals surface area contributed by atoms with Crippen molar-refractivity contribution in [3.8, 4) is 5.69 Å². The lowest BCUT2D eigenvalue weighted by atomic mass is 10.1. The number of ketones is 1. The number of aryl methyl sites for hydroxylation is 1. The fourth-order valence-corrected chi connectivity index (χ4v) is 4.43. The smallest absolute Gasteiger partial charge is 0.339 e. The van der Waals surface area contributed by atoms with Crippen LogP contribution in [0.15, 0.2) is 65.6 Å². The number of carbonyl (C=O) groups is 3. The predicted molar refractivity (Wildman–Crippen MR) is 130 cm³/mol. The van der Waals surface area contributed by atoms with E-state index in [1.807, 2.05) is 68.7 Å². The number of thioether (sulfide) groups is 1. The maximum atomic E-state index is 12.9. The van der Waals surface area contributed by atoms with Gasteiger partial charge in [-0.05, 0) is 58.0 Å². The zero-order valence-corrected chi connectivity index (χ0v) is 20.1. The van der Waals surface area contributed by atoms with E-state index >= 15 is 0 Å². The van der Waals surface area contributed by atoms with Gasteiger partial charge in [-0.15, -0.1) is 11.8 Å². The molecule has 1 heterocycles. The number of ether oxygens (including phenoxy) is 1. The van der Waals surface area contributed by atoms with Crippen LogP contribution in [-0.2, 0) is 9.53 Å². The maximum Gasteiger partial charge on any atom is 0.339 e. The van der Waals surface area contributed by atoms with Crippen LogP contribution in [0.1, 0.15) is 46.0 Å². The second kappa shape index (κ2) is 11.0. The van der Waals surface area contributed by atoms with Crippen LogP contribution in [-0.4, -0.2) is 40.6 Å². The fourth-order valence-electron chi connectivity index (χ4n) is 3.57. The van der Waals surface area contributed by atoms with Gasteiger partial charge < -0.3 is 14.6 Å². The van der Waals surface area contributed by atoms with Crippen molar-refractivity contribution >= 4 is 29.4 Å². The number of benzene rings is 2. The third-order valence-electron chi connectivity index (χ3n) is 5.00. The minimum atomic E-state index is -0.590. The SMILES string of the molecule is Cc1cc(C(=O)COC(=O)c2ccccc2SCC(=O)NC(C)C)c(C)n1-c1ccccc1. The van der Waals surface area contributed by atoms with Crippen LogP contribution in [0.2, 0.25) is 0 Å². The molecule has 2 aromatic carbocycles. The van der Waals surface area contributed by atoms with Crippen LogP contribution in [0.5, 0.6) is 0 Å². The van der Waals surface area contributed by atoms with Crippen molar-refractivity contribution in [3.63, 3.8) is 0 Å². The van der Waals surface area contributed by atoms with Gasteiger partial charge in [0.1, 0.15) is 0 Å². The lowest BCUT2D eigenvalue weighted by molar-refractivity contribution is -0.119. The summed E-state index contributed by atoms with van der Waals surface area (Å²) in [5.41, 5.74) is 3.55. The van der Waals surface area contributed by atoms with Crippen molar-refractivity contribution < 1.29 is 19.1 Å². The van der Waals surface area contributed by atoms with E-state index in [1.54, 1.807) is 24.3 Å². The lowest BCUT2D eigenvalue weighted by Crippen LogP contribution is -2.31. The van der Waals surface area contributed by atoms with E-state index in [-0.39, 0.29) is 30.1 Å². The van der Waals surface area contributed by atoms with E-state index in [0.717, 1.165) is 17.1 Å². The highest BCUT2D eigenvalue weighted by Gasteiger charge is 2.20. The number of rotatable bonds is 9. The Labute approximate surface area is 198 Å². The van der Waals surface area contributed by atoms with Crippen LogP contribution in [0.4, 0.5) is 0 Å². The second-order valence-electron chi connectivity index (χ2n) is 7.96. The van der Waals surface area contributed by atoms with E-state index in [9.17, 15) is 14.4 Å². The molecule has 0 aliphatic rings. The molecule has 0 unspecified atom stereocenters. The topological polar surface area (TPSA) is 77.4 Å². The quantitative estimate of drug-likeness (QED) is 0.281. The van der Waals surface area contributed by atoms with Crippen molar-refractivity contribution in [3.05, 3.63) is 83.2 Å². The summed E-state index contributed by atoms with van der Waals surface area (Å²) in [5.74, 6) is -0.776. The summed E-state index contributed by atoms with van der Waals surface area (Å²) in [6, 6.07) is 18.6. The van der Waals surface area contributed by atoms with Crippen molar-refractivity contribution in [2.45, 2.75) is 38.6 Å². The molecule has 0 saturated heterocycles. The first-order chi connectivity index (χ1) is 15.8. The molecular formula is C26H28N2O4S. The van der Waals surface area contributed by atoms with Crippen molar-refractivity contribution in [2.75, 3.05) is 12.4 Å². The Balaban J connectivity index is 1.67. The van der Waals surface area contributed by atoms with E-state index in [0.29, 0.717) is 16.0 Å². The Kier molecular flexibility index (Phi) is 8.11. The van der Waals surface area contributed by atoms with Gasteiger partial charge in [0.05, 0.1) is 11.3 Å². The minimum absolute atomic E-state index is 0.0492. The van der Waals surface area contributed by atoms with Gasteiger partial charge in [-0.25, -0.2) is 4.79 Å². The Morgan fingerprint density at radius 2 is 1.64 bits per heavy atom. The highest BCUT2D eigenvalue weighted by atomic mass is 32.2. The first kappa shape index (κ1) is 24.3. The molecule has 0 radical (unpaired) electrons. The normalized spacial score (nSPS) is 10.8. The molecule has 0 saturated carbocycles. The predicted octanol–water partition coefficient (Wildman–Crippen LogP) is 4.75. The van der Waals surface area contributed by atoms with E-state index < -0.39 is 5.97 Å². The van der Waals surface area contributed by atoms with Crippen LogP contribution in [0, 0.1) is 13.8 Å². The second-order valence-corrected chi connectivity index (χ2v) is 8.98. The molecule has 1 N–H and O–H groups in total. The Bertz CT molecular complexity index is 1150. The molecule has 1 amide bonds. The summed E-state index contributed by atoms with van der Waals surface area (Å²) in [7, 11) is 0. The summed E-state index contributed by atoms with van der Waals surface area (Å²) >= 11 is 1.26. The van der Waals surface area contributed by atoms with Gasteiger partial charge in [0, 0.05) is 33.6 Å². The molecule has 0 aliphatic heterocycles. The molecule has 0 aliphatic carbocycles. The largest absolute Gasteiger partial charge is 0.454 e. The highest BCUT2D eigenvalue weighted by Crippen LogP contribution is 2.24. The molecule has 0 bridgehead atoms. The van der Waals surface area contributed by atoms with E-state index in [1.165, 1.54) is 11.8 Å². The van der Waals surface area contributed by atoms with Gasteiger partial charge in [0.15, 0.2) is 6.61 Å². The van der Waals surface area contributed by atoms with Gasteiger partial charge in [-0.2, -0.15) is 0 Å². The number of Topliss-reactive ketones (excluding diaryl/α,β-unsaturated/α-hetero) is 1. The average Bonchev–Trinajstić information content (AvgIpc) is 3.10. The molecule has 6 nitrogen and oxygen atoms in total. The number of nitrogens with one attached hydrogen (secondary N) is 1. The van der Waals surface area contributed by atoms with Gasteiger partial charge in [0.25, 0.3) is 0 Å². The van der Waals surface area contributed by atoms with Gasteiger partial charge in [0.2, 0.25) is 11.7 Å². The molecule has 7 heteroatoms. The van der Waals surface area contributed by atoms with E-state index in [2.05, 4.69) is 5.32 Å². The van der Waals surface area contributed by atoms with Gasteiger partial charge in [-0.1, -0.05) is 30.3 Å². The number of aromatic nitrogens is 1. The van der Waals surface area contributed by atoms with Crippen molar-refractivity contribution in [2.24, 2.45) is 0 Å². The highest BCUT2D eigenvalue weighted by molar-refractivity contribution is 8.00. The van der Waals surface area contributed by atoms with Crippen LogP contribution < -0.4 is 5.32 Å². The molecule has 3 rings (SSSR count). The van der Waals surface area contributed by atoms with Gasteiger partial charge >= 0.3 is 5.97 Å². The van der Waals surface area contributed by atoms with Crippen molar-refractivity contribution in [1.29, 1.82) is 0 Å². The molecule has 0 atom stereocenters. The van der Waals surface area contributed by atoms with Crippen LogP contribution in [0.3, 0.4) is 0 Å². The number of para-hydroxylation sites is 1. The molecule has 0 spiro atoms. The number of hydrogen-bond donors (Lipinski definition) is 1. The summed E-state index contributed by atoms with van der Waals surface area (Å²) in [4.78, 5) is 38.1. The number of hydrogen-bond acceptors (Lipinski definition) is 5. The Morgan fingerprint density at radius 3 is 2.33 bits per heavy atom. The number of amides is 1. The first-order valence-corrected chi connectivity index (χ1v) is 11.7. The summed E-state index contributed by atoms with van der Waals surface area (Å²) in [6.45, 7) is 7.24. The maximum absolute atomic E-state index is 12.9. The summed E-state index contributed by atoms with van der Waals surface area (Å²) in [5, 5.41) is 2.82. The fraction of sp³-hybridized carbons (Fsp3) is 0.269. The zero-order chi connectivity index (χ0) is 24.0. The van der Waals surface area contributed by atoms with E-state index in [4.69, 9.17) is 4.74 Å². The molecule has 1 aromatic heterocycles. The Morgan fingerprint density at radius 1 is 0.970 bits per heavy atom. The van der Waals surface area contributed by atoms with Crippen LogP contribution in [0.25, 0.3) is 5.69 Å². The average molecular weight is 465 g/mol. The third kappa shape index (κ3) is 6.14. The van der Waals surface area contributed by atoms with Crippen molar-refractivity contribution in [1.82, 2.24) is 9.88 Å². The molecule has 0 fully saturated rings. The minimum Gasteiger partial charge on any atom is -0.454 e. The Hall–Kier alpha value is -3.32. The molecule has 3 aromatic rings. The number of carbonyl (C=O) groups excluding carboxylic acids is 3. The molecule has 172 valence electrons. The number of esters is 1. The lowest BCUT2D eigenvalue weighted by Gasteiger charge is -2.11. The van der Waals surface area contributed by atoms with Gasteiger partial charge in [-0.3, -0.25) is 9.59 Å². The summed E-state index contributed by atoms with van der Waals surface area (Å²) in [6.07, 6.45) is 0. The molecule has 33 heavy (non-hydrogen) atoms. The summed E-state index contributed by atoms with van der Waals surface area (Å²) < 4.78 is 7.36. The first-order valence-electron chi connectivity index (χ1n) is 10.7.